The van der Waals surface area contributed by atoms with Crippen LogP contribution in [0.25, 0.3) is 0 Å². The van der Waals surface area contributed by atoms with E-state index in [-0.39, 0.29) is 0 Å². The van der Waals surface area contributed by atoms with Gasteiger partial charge in [0.05, 0.1) is 27.3 Å². The molecule has 12 heavy (non-hydrogen) atoms. The average Bonchev–Trinajstić information content (AvgIpc) is 2.03. The van der Waals surface area contributed by atoms with Crippen molar-refractivity contribution in [3.05, 3.63) is 12.4 Å². The highest BCUT2D eigenvalue weighted by Crippen LogP contribution is 2.17. The van der Waals surface area contributed by atoms with Crippen molar-refractivity contribution in [1.29, 1.82) is 0 Å². The van der Waals surface area contributed by atoms with Gasteiger partial charge in [0.2, 0.25) is 5.82 Å². The molecule has 0 saturated heterocycles. The maximum absolute atomic E-state index is 4.09. The van der Waals surface area contributed by atoms with Crippen molar-refractivity contribution < 1.29 is 4.57 Å². The van der Waals surface area contributed by atoms with Crippen molar-refractivity contribution in [3.63, 3.8) is 0 Å². The molecular formula is C8H13N4+. The van der Waals surface area contributed by atoms with Crippen LogP contribution in [0.5, 0.6) is 0 Å². The van der Waals surface area contributed by atoms with Crippen LogP contribution in [-0.4, -0.2) is 25.8 Å². The van der Waals surface area contributed by atoms with Crippen molar-refractivity contribution in [2.75, 3.05) is 19.0 Å². The molecule has 0 N–H and O–H groups in total. The molecule has 0 spiro atoms. The summed E-state index contributed by atoms with van der Waals surface area (Å²) in [4.78, 5) is 9.87. The van der Waals surface area contributed by atoms with Gasteiger partial charge < -0.3 is 0 Å². The molecule has 4 nitrogen and oxygen atoms in total. The molecule has 1 aromatic rings. The summed E-state index contributed by atoms with van der Waals surface area (Å²) in [6.07, 6.45) is 3.58. The molecule has 0 amide bonds. The monoisotopic (exact) mass is 165 g/mol. The molecule has 0 aliphatic rings. The van der Waals surface area contributed by atoms with Crippen LogP contribution in [0.2, 0.25) is 0 Å². The fraction of sp³-hybridized carbons (Fsp3) is 0.375. The summed E-state index contributed by atoms with van der Waals surface area (Å²) >= 11 is 0. The minimum Gasteiger partial charge on any atom is -0.264 e. The molecule has 0 fully saturated rings. The largest absolute Gasteiger partial charge is 0.321 e. The second-order valence-corrected chi connectivity index (χ2v) is 2.74. The minimum absolute atomic E-state index is 0.657. The van der Waals surface area contributed by atoms with Crippen LogP contribution in [0.1, 0.15) is 0 Å². The number of nitrogens with zero attached hydrogens (tertiary/aromatic N) is 4. The molecule has 1 heterocycles. The Hall–Kier alpha value is -1.45. The highest BCUT2D eigenvalue weighted by atomic mass is 15.2. The number of aryl methyl sites for hydroxylation is 1. The van der Waals surface area contributed by atoms with E-state index < -0.39 is 0 Å². The van der Waals surface area contributed by atoms with Gasteiger partial charge in [-0.05, 0) is 6.72 Å². The molecule has 0 radical (unpaired) electrons. The van der Waals surface area contributed by atoms with Crippen LogP contribution in [0, 0.1) is 0 Å². The van der Waals surface area contributed by atoms with Gasteiger partial charge in [0.25, 0.3) is 0 Å². The quantitative estimate of drug-likeness (QED) is 0.466. The van der Waals surface area contributed by atoms with Gasteiger partial charge in [-0.25, -0.2) is 14.5 Å². The Kier molecular flexibility index (Phi) is 2.38. The van der Waals surface area contributed by atoms with E-state index in [1.807, 2.05) is 36.8 Å². The SMILES string of the molecule is C=Nc1ncc[n+](C)c1N(C)C. The van der Waals surface area contributed by atoms with E-state index >= 15 is 0 Å². The first-order chi connectivity index (χ1) is 5.66. The first kappa shape index (κ1) is 8.64. The standard InChI is InChI=1S/C8H13N4/c1-9-7-8(11(2)3)12(4)6-5-10-7/h5-6H,1H2,2-4H3/q+1. The van der Waals surface area contributed by atoms with Crippen LogP contribution < -0.4 is 9.47 Å². The molecule has 0 aromatic carbocycles. The van der Waals surface area contributed by atoms with Crippen molar-refractivity contribution in [1.82, 2.24) is 4.98 Å². The Morgan fingerprint density at radius 1 is 1.58 bits per heavy atom. The summed E-state index contributed by atoms with van der Waals surface area (Å²) in [6.45, 7) is 3.46. The lowest BCUT2D eigenvalue weighted by molar-refractivity contribution is -0.658. The Bertz CT molecular complexity index is 293. The minimum atomic E-state index is 0.657. The van der Waals surface area contributed by atoms with Gasteiger partial charge in [-0.2, -0.15) is 0 Å². The topological polar surface area (TPSA) is 32.4 Å². The van der Waals surface area contributed by atoms with Crippen LogP contribution in [0.4, 0.5) is 11.6 Å². The van der Waals surface area contributed by atoms with Crippen molar-refractivity contribution in [2.24, 2.45) is 12.0 Å². The van der Waals surface area contributed by atoms with Crippen molar-refractivity contribution in [3.8, 4) is 0 Å². The van der Waals surface area contributed by atoms with E-state index in [2.05, 4.69) is 16.7 Å². The molecule has 0 bridgehead atoms. The molecule has 1 aromatic heterocycles. The number of aromatic nitrogens is 2. The molecule has 0 saturated carbocycles. The Balaban J connectivity index is 3.29. The second-order valence-electron chi connectivity index (χ2n) is 2.74. The highest BCUT2D eigenvalue weighted by Gasteiger charge is 2.14. The molecule has 0 atom stereocenters. The second kappa shape index (κ2) is 3.30. The van der Waals surface area contributed by atoms with E-state index in [4.69, 9.17) is 0 Å². The summed E-state index contributed by atoms with van der Waals surface area (Å²) in [7, 11) is 5.85. The van der Waals surface area contributed by atoms with Crippen LogP contribution in [-0.2, 0) is 7.05 Å². The maximum atomic E-state index is 4.09. The van der Waals surface area contributed by atoms with Gasteiger partial charge in [0, 0.05) is 0 Å². The van der Waals surface area contributed by atoms with Crippen LogP contribution in [0.15, 0.2) is 17.4 Å². The number of anilines is 1. The molecule has 4 heteroatoms. The van der Waals surface area contributed by atoms with E-state index in [1.54, 1.807) is 6.20 Å². The number of hydrogen-bond acceptors (Lipinski definition) is 3. The molecular weight excluding hydrogens is 152 g/mol. The normalized spacial score (nSPS) is 9.58. The average molecular weight is 165 g/mol. The van der Waals surface area contributed by atoms with Crippen LogP contribution in [0.3, 0.4) is 0 Å². The lowest BCUT2D eigenvalue weighted by Gasteiger charge is -2.08. The third-order valence-corrected chi connectivity index (χ3v) is 1.59. The van der Waals surface area contributed by atoms with E-state index in [0.717, 1.165) is 5.82 Å². The zero-order valence-electron chi connectivity index (χ0n) is 7.65. The highest BCUT2D eigenvalue weighted by molar-refractivity contribution is 5.55. The van der Waals surface area contributed by atoms with Crippen LogP contribution >= 0.6 is 0 Å². The number of hydrogen-bond donors (Lipinski definition) is 0. The van der Waals surface area contributed by atoms with E-state index in [9.17, 15) is 0 Å². The summed E-state index contributed by atoms with van der Waals surface area (Å²) < 4.78 is 1.96. The Morgan fingerprint density at radius 3 is 2.67 bits per heavy atom. The van der Waals surface area contributed by atoms with Gasteiger partial charge in [0.15, 0.2) is 0 Å². The fourth-order valence-electron chi connectivity index (χ4n) is 1.12. The summed E-state index contributed by atoms with van der Waals surface area (Å²) in [5.41, 5.74) is 0. The lowest BCUT2D eigenvalue weighted by Crippen LogP contribution is -2.35. The molecule has 64 valence electrons. The summed E-state index contributed by atoms with van der Waals surface area (Å²) in [5.74, 6) is 1.61. The number of rotatable bonds is 2. The van der Waals surface area contributed by atoms with Gasteiger partial charge in [-0.3, -0.25) is 4.90 Å². The van der Waals surface area contributed by atoms with E-state index in [0.29, 0.717) is 5.82 Å². The molecule has 0 aliphatic heterocycles. The Morgan fingerprint density at radius 2 is 2.25 bits per heavy atom. The summed E-state index contributed by atoms with van der Waals surface area (Å²) in [5, 5.41) is 0. The molecule has 1 rings (SSSR count). The molecule has 0 unspecified atom stereocenters. The van der Waals surface area contributed by atoms with Crippen molar-refractivity contribution >= 4 is 18.4 Å². The first-order valence-corrected chi connectivity index (χ1v) is 3.65. The van der Waals surface area contributed by atoms with E-state index in [1.165, 1.54) is 0 Å². The Labute approximate surface area is 72.2 Å². The third-order valence-electron chi connectivity index (χ3n) is 1.59. The molecule has 0 aliphatic carbocycles. The summed E-state index contributed by atoms with van der Waals surface area (Å²) in [6, 6.07) is 0. The number of aliphatic imine (C=N–C) groups is 1. The maximum Gasteiger partial charge on any atom is 0.321 e. The zero-order chi connectivity index (χ0) is 9.14. The van der Waals surface area contributed by atoms with Gasteiger partial charge in [-0.1, -0.05) is 0 Å². The first-order valence-electron chi connectivity index (χ1n) is 3.65. The fourth-order valence-corrected chi connectivity index (χ4v) is 1.12. The van der Waals surface area contributed by atoms with Crippen molar-refractivity contribution in [2.45, 2.75) is 0 Å². The predicted octanol–water partition coefficient (Wildman–Crippen LogP) is 0.304. The van der Waals surface area contributed by atoms with Gasteiger partial charge in [0.1, 0.15) is 6.20 Å². The lowest BCUT2D eigenvalue weighted by atomic mass is 10.5. The predicted molar refractivity (Wildman–Crippen MR) is 48.9 cm³/mol. The van der Waals surface area contributed by atoms with Gasteiger partial charge in [-0.15, -0.1) is 0 Å². The third kappa shape index (κ3) is 1.42. The zero-order valence-corrected chi connectivity index (χ0v) is 7.65. The van der Waals surface area contributed by atoms with Gasteiger partial charge >= 0.3 is 5.82 Å². The smallest absolute Gasteiger partial charge is 0.264 e.